The molecule has 0 saturated carbocycles. The topological polar surface area (TPSA) is 151 Å². The molecule has 2 heterocycles. The van der Waals surface area contributed by atoms with Crippen LogP contribution in [0.25, 0.3) is 11.0 Å². The van der Waals surface area contributed by atoms with Gasteiger partial charge in [-0.15, -0.1) is 0 Å². The Labute approximate surface area is 213 Å². The first-order chi connectivity index (χ1) is 17.5. The van der Waals surface area contributed by atoms with Crippen LogP contribution in [-0.4, -0.2) is 57.8 Å². The maximum absolute atomic E-state index is 12.9. The zero-order valence-corrected chi connectivity index (χ0v) is 20.8. The Balaban J connectivity index is 1.48. The number of carbonyl (C=O) groups excluding carboxylic acids is 3. The van der Waals surface area contributed by atoms with Crippen molar-refractivity contribution in [2.45, 2.75) is 33.3 Å². The maximum Gasteiger partial charge on any atom is 0.344 e. The van der Waals surface area contributed by atoms with Gasteiger partial charge in [-0.3, -0.25) is 14.9 Å². The Hall–Kier alpha value is -4.61. The molecule has 4 aromatic rings. The van der Waals surface area contributed by atoms with Crippen molar-refractivity contribution >= 4 is 53.8 Å². The summed E-state index contributed by atoms with van der Waals surface area (Å²) in [6.07, 6.45) is 1.25. The number of aromatic nitrogens is 4. The van der Waals surface area contributed by atoms with E-state index in [1.54, 1.807) is 57.2 Å². The quantitative estimate of drug-likeness (QED) is 0.225. The van der Waals surface area contributed by atoms with E-state index in [9.17, 15) is 14.4 Å². The summed E-state index contributed by atoms with van der Waals surface area (Å²) in [6.45, 7) is 6.81. The highest BCUT2D eigenvalue weighted by molar-refractivity contribution is 6.32. The van der Waals surface area contributed by atoms with Gasteiger partial charge in [0.15, 0.2) is 12.3 Å². The van der Waals surface area contributed by atoms with Gasteiger partial charge in [-0.1, -0.05) is 23.7 Å². The second kappa shape index (κ2) is 10.2. The molecule has 4 N–H and O–H groups in total. The van der Waals surface area contributed by atoms with Gasteiger partial charge in [-0.2, -0.15) is 0 Å². The van der Waals surface area contributed by atoms with E-state index in [1.165, 1.54) is 6.33 Å². The van der Waals surface area contributed by atoms with E-state index in [0.29, 0.717) is 27.9 Å². The second-order valence-electron chi connectivity index (χ2n) is 9.22. The lowest BCUT2D eigenvalue weighted by atomic mass is 9.94. The molecule has 0 aliphatic carbocycles. The van der Waals surface area contributed by atoms with E-state index in [2.05, 4.69) is 30.6 Å². The number of ether oxygens (including phenoxy) is 2. The van der Waals surface area contributed by atoms with E-state index in [1.807, 2.05) is 6.92 Å². The van der Waals surface area contributed by atoms with Gasteiger partial charge in [-0.05, 0) is 51.5 Å². The van der Waals surface area contributed by atoms with Crippen molar-refractivity contribution in [2.75, 3.05) is 17.2 Å². The third-order valence-electron chi connectivity index (χ3n) is 5.06. The van der Waals surface area contributed by atoms with Gasteiger partial charge in [0, 0.05) is 5.69 Å². The molecule has 2 radical (unpaired) electrons. The Kier molecular flexibility index (Phi) is 7.01. The largest absolute Gasteiger partial charge is 0.480 e. The number of H-pyrrole nitrogens is 2. The number of fused-ring (bicyclic) bond motifs is 1. The molecule has 0 saturated heterocycles. The zero-order chi connectivity index (χ0) is 26.7. The minimum Gasteiger partial charge on any atom is -0.480 e. The number of hydrogen-bond donors (Lipinski definition) is 4. The Bertz CT molecular complexity index is 1490. The van der Waals surface area contributed by atoms with Gasteiger partial charge in [-0.25, -0.2) is 14.8 Å². The molecule has 0 aliphatic heterocycles. The first-order valence-corrected chi connectivity index (χ1v) is 11.4. The predicted octanol–water partition coefficient (Wildman–Crippen LogP) is 2.61. The van der Waals surface area contributed by atoms with Crippen LogP contribution in [0.4, 0.5) is 11.6 Å². The lowest BCUT2D eigenvalue weighted by molar-refractivity contribution is -0.157. The summed E-state index contributed by atoms with van der Waals surface area (Å²) in [5, 5.41) is 5.33. The van der Waals surface area contributed by atoms with Gasteiger partial charge in [0.25, 0.3) is 11.8 Å². The lowest BCUT2D eigenvalue weighted by Crippen LogP contribution is -2.27. The average Bonchev–Trinajstić information content (AvgIpc) is 3.46. The van der Waals surface area contributed by atoms with Gasteiger partial charge >= 0.3 is 5.97 Å². The first-order valence-electron chi connectivity index (χ1n) is 11.4. The van der Waals surface area contributed by atoms with Gasteiger partial charge < -0.3 is 24.8 Å². The molecular weight excluding hydrogens is 475 g/mol. The number of para-hydroxylation sites is 1. The van der Waals surface area contributed by atoms with E-state index in [4.69, 9.17) is 17.3 Å². The lowest BCUT2D eigenvalue weighted by Gasteiger charge is -2.19. The van der Waals surface area contributed by atoms with Crippen LogP contribution in [0.15, 0.2) is 42.7 Å². The smallest absolute Gasteiger partial charge is 0.344 e. The molecule has 0 spiro atoms. The van der Waals surface area contributed by atoms with Crippen molar-refractivity contribution in [1.82, 2.24) is 19.9 Å². The van der Waals surface area contributed by atoms with Crippen molar-refractivity contribution in [1.29, 1.82) is 0 Å². The highest BCUT2D eigenvalue weighted by atomic mass is 16.6. The van der Waals surface area contributed by atoms with Crippen molar-refractivity contribution < 1.29 is 23.9 Å². The second-order valence-corrected chi connectivity index (χ2v) is 9.22. The number of esters is 1. The van der Waals surface area contributed by atoms with Crippen LogP contribution in [-0.2, 0) is 9.53 Å². The molecule has 12 heteroatoms. The van der Waals surface area contributed by atoms with Crippen molar-refractivity contribution in [2.24, 2.45) is 0 Å². The van der Waals surface area contributed by atoms with E-state index >= 15 is 0 Å². The summed E-state index contributed by atoms with van der Waals surface area (Å²) in [4.78, 5) is 51.8. The maximum atomic E-state index is 12.9. The highest BCUT2D eigenvalue weighted by Crippen LogP contribution is 2.25. The Morgan fingerprint density at radius 3 is 2.62 bits per heavy atom. The highest BCUT2D eigenvalue weighted by Gasteiger charge is 2.23. The van der Waals surface area contributed by atoms with Crippen molar-refractivity contribution in [3.8, 4) is 5.75 Å². The number of aromatic amines is 2. The normalized spacial score (nSPS) is 11.2. The number of benzene rings is 2. The van der Waals surface area contributed by atoms with E-state index < -0.39 is 23.4 Å². The summed E-state index contributed by atoms with van der Waals surface area (Å²) in [6, 6.07) is 10.2. The van der Waals surface area contributed by atoms with Crippen LogP contribution >= 0.6 is 0 Å². The van der Waals surface area contributed by atoms with Crippen LogP contribution < -0.4 is 20.8 Å². The number of rotatable bonds is 7. The third kappa shape index (κ3) is 6.15. The van der Waals surface area contributed by atoms with E-state index in [-0.39, 0.29) is 23.9 Å². The van der Waals surface area contributed by atoms with Crippen LogP contribution in [0.1, 0.15) is 47.3 Å². The molecule has 0 atom stereocenters. The molecule has 4 rings (SSSR count). The monoisotopic (exact) mass is 500 g/mol. The molecule has 2 amide bonds. The molecule has 37 heavy (non-hydrogen) atoms. The number of nitrogens with zero attached hydrogens (tertiary/aromatic N) is 2. The molecule has 188 valence electrons. The van der Waals surface area contributed by atoms with Crippen molar-refractivity contribution in [3.05, 3.63) is 59.7 Å². The third-order valence-corrected chi connectivity index (χ3v) is 5.06. The van der Waals surface area contributed by atoms with Crippen LogP contribution in [0.2, 0.25) is 0 Å². The summed E-state index contributed by atoms with van der Waals surface area (Å²) in [5.74, 6) is -1.29. The summed E-state index contributed by atoms with van der Waals surface area (Å²) < 4.78 is 10.8. The standard InChI is InChI=1S/C25H25BN6O5/c1-13-8-9-14(26)10-16(13)29-22(34)20-21(28-12-27-20)23(35)32-24-30-15-6-5-7-17(19(15)31-24)36-11-18(33)37-25(2,3)4/h5-10,12H,11H2,1-4H3,(H,27,28)(H,29,34)(H2,30,31,32,35). The molecule has 2 aromatic carbocycles. The Morgan fingerprint density at radius 1 is 1.08 bits per heavy atom. The SMILES string of the molecule is [B]c1ccc(C)c(NC(=O)c2nc[nH]c2C(=O)Nc2nc3c(OCC(=O)OC(C)(C)C)cccc3[nH]2)c1. The summed E-state index contributed by atoms with van der Waals surface area (Å²) in [5.41, 5.74) is 1.98. The fourth-order valence-electron chi connectivity index (χ4n) is 3.45. The van der Waals surface area contributed by atoms with Crippen LogP contribution in [0.5, 0.6) is 5.75 Å². The molecule has 0 bridgehead atoms. The molecule has 0 unspecified atom stereocenters. The van der Waals surface area contributed by atoms with Crippen LogP contribution in [0, 0.1) is 6.92 Å². The summed E-state index contributed by atoms with van der Waals surface area (Å²) in [7, 11) is 5.81. The minimum atomic E-state index is -0.637. The minimum absolute atomic E-state index is 0.0547. The van der Waals surface area contributed by atoms with Crippen molar-refractivity contribution in [3.63, 3.8) is 0 Å². The molecule has 2 aromatic heterocycles. The first kappa shape index (κ1) is 25.5. The molecular formula is C25H25BN6O5. The van der Waals surface area contributed by atoms with Crippen LogP contribution in [0.3, 0.4) is 0 Å². The summed E-state index contributed by atoms with van der Waals surface area (Å²) >= 11 is 0. The van der Waals surface area contributed by atoms with Gasteiger partial charge in [0.05, 0.1) is 11.8 Å². The molecule has 11 nitrogen and oxygen atoms in total. The predicted molar refractivity (Wildman–Crippen MR) is 138 cm³/mol. The molecule has 0 fully saturated rings. The number of imidazole rings is 2. The number of aryl methyl sites for hydroxylation is 1. The van der Waals surface area contributed by atoms with E-state index in [0.717, 1.165) is 5.56 Å². The fraction of sp³-hybridized carbons (Fsp3) is 0.240. The number of amides is 2. The Morgan fingerprint density at radius 2 is 1.86 bits per heavy atom. The number of nitrogens with one attached hydrogen (secondary N) is 4. The zero-order valence-electron chi connectivity index (χ0n) is 20.8. The number of carbonyl (C=O) groups is 3. The van der Waals surface area contributed by atoms with Gasteiger partial charge in [0.1, 0.15) is 30.4 Å². The average molecular weight is 500 g/mol. The number of anilines is 2. The molecule has 0 aliphatic rings. The fourth-order valence-corrected chi connectivity index (χ4v) is 3.45. The van der Waals surface area contributed by atoms with Gasteiger partial charge in [0.2, 0.25) is 5.95 Å². The number of hydrogen-bond acceptors (Lipinski definition) is 7.